The number of fused-ring (bicyclic) bond motifs is 1. The summed E-state index contributed by atoms with van der Waals surface area (Å²) in [5.74, 6) is 0.127. The number of anilines is 1. The molecule has 2 aromatic heterocycles. The standard InChI is InChI=1S/C11H15N5O5.ClH.Hg/c1-20-11-14-8(12)5-9(15-11)16(3-13-5)10-7(19)6(18)4(2-17)21-10;;/h3-4,6-7,10,17-19H,2H2,1H3,(H2,12,14,15);1H;/q;;+1/p-1/t4-,6-,7-,10-;;/m1../s1. The summed E-state index contributed by atoms with van der Waals surface area (Å²) < 4.78 is 11.8. The van der Waals surface area contributed by atoms with E-state index in [-0.39, 0.29) is 11.8 Å². The van der Waals surface area contributed by atoms with Crippen LogP contribution in [0, 0.1) is 0 Å². The van der Waals surface area contributed by atoms with Crippen molar-refractivity contribution in [3.05, 3.63) is 6.33 Å². The van der Waals surface area contributed by atoms with Gasteiger partial charge in [-0.25, -0.2) is 4.98 Å². The summed E-state index contributed by atoms with van der Waals surface area (Å²) in [6.45, 7) is -0.415. The van der Waals surface area contributed by atoms with Gasteiger partial charge in [0, 0.05) is 0 Å². The maximum atomic E-state index is 10.0. The minimum absolute atomic E-state index is 0.0495. The first-order valence-corrected chi connectivity index (χ1v) is 13.3. The van der Waals surface area contributed by atoms with Crippen molar-refractivity contribution < 1.29 is 49.7 Å². The number of hydrogen-bond acceptors (Lipinski definition) is 9. The van der Waals surface area contributed by atoms with Gasteiger partial charge in [-0.3, -0.25) is 4.57 Å². The van der Waals surface area contributed by atoms with Crippen LogP contribution < -0.4 is 10.5 Å². The van der Waals surface area contributed by atoms with Gasteiger partial charge in [0.25, 0.3) is 0 Å². The summed E-state index contributed by atoms with van der Waals surface area (Å²) in [6.07, 6.45) is -2.90. The number of nitrogens with zero attached hydrogens (tertiary/aromatic N) is 4. The molecule has 5 N–H and O–H groups in total. The fourth-order valence-electron chi connectivity index (χ4n) is 2.30. The molecule has 123 valence electrons. The Morgan fingerprint density at radius 3 is 2.65 bits per heavy atom. The van der Waals surface area contributed by atoms with Crippen LogP contribution in [0.5, 0.6) is 6.01 Å². The molecule has 1 fully saturated rings. The Labute approximate surface area is 150 Å². The van der Waals surface area contributed by atoms with E-state index in [0.29, 0.717) is 36.1 Å². The van der Waals surface area contributed by atoms with Gasteiger partial charge < -0.3 is 30.5 Å². The fourth-order valence-corrected chi connectivity index (χ4v) is 2.30. The van der Waals surface area contributed by atoms with Crippen LogP contribution in [0.3, 0.4) is 0 Å². The van der Waals surface area contributed by atoms with Crippen LogP contribution >= 0.6 is 8.25 Å². The fraction of sp³-hybridized carbons (Fsp3) is 0.545. The first kappa shape index (κ1) is 18.6. The topological polar surface area (TPSA) is 149 Å². The number of rotatable bonds is 3. The van der Waals surface area contributed by atoms with Crippen molar-refractivity contribution in [2.45, 2.75) is 24.5 Å². The molecule has 0 radical (unpaired) electrons. The number of halogens is 1. The van der Waals surface area contributed by atoms with Crippen molar-refractivity contribution in [3.63, 3.8) is 0 Å². The number of aliphatic hydroxyl groups is 3. The van der Waals surface area contributed by atoms with E-state index in [2.05, 4.69) is 15.0 Å². The second-order valence-corrected chi connectivity index (χ2v) is 4.65. The molecule has 23 heavy (non-hydrogen) atoms. The molecule has 0 aliphatic carbocycles. The summed E-state index contributed by atoms with van der Waals surface area (Å²) in [6, 6.07) is 0.0495. The number of nitrogen functional groups attached to an aromatic ring is 1. The summed E-state index contributed by atoms with van der Waals surface area (Å²) in [5, 5.41) is 29.0. The Bertz CT molecular complexity index is 674. The average molecular weight is 533 g/mol. The normalized spacial score (nSPS) is 26.9. The molecule has 3 rings (SSSR count). The van der Waals surface area contributed by atoms with Crippen LogP contribution in [0.1, 0.15) is 6.23 Å². The van der Waals surface area contributed by atoms with Gasteiger partial charge in [-0.2, -0.15) is 9.97 Å². The van der Waals surface area contributed by atoms with E-state index < -0.39 is 31.1 Å². The number of nitrogens with two attached hydrogens (primary N) is 1. The van der Waals surface area contributed by atoms with Crippen LogP contribution in [0.25, 0.3) is 11.2 Å². The second kappa shape index (κ2) is 7.86. The van der Waals surface area contributed by atoms with Gasteiger partial charge in [0.15, 0.2) is 23.2 Å². The molecule has 2 aromatic rings. The predicted molar refractivity (Wildman–Crippen MR) is 75.1 cm³/mol. The van der Waals surface area contributed by atoms with E-state index >= 15 is 0 Å². The van der Waals surface area contributed by atoms with Crippen LogP contribution in [0.4, 0.5) is 5.82 Å². The Kier molecular flexibility index (Phi) is 6.34. The average Bonchev–Trinajstić information content (AvgIpc) is 3.12. The number of aliphatic hydroxyl groups excluding tert-OH is 3. The Hall–Kier alpha value is -0.785. The Morgan fingerprint density at radius 1 is 1.39 bits per heavy atom. The first-order valence-electron chi connectivity index (χ1n) is 6.50. The molecule has 10 nitrogen and oxygen atoms in total. The molecule has 12 heteroatoms. The van der Waals surface area contributed by atoms with Gasteiger partial charge >= 0.3 is 39.1 Å². The quantitative estimate of drug-likeness (QED) is 0.354. The van der Waals surface area contributed by atoms with Crippen LogP contribution in [-0.2, 0) is 29.6 Å². The second-order valence-electron chi connectivity index (χ2n) is 4.65. The molecule has 1 aliphatic heterocycles. The van der Waals surface area contributed by atoms with E-state index in [1.807, 2.05) is 0 Å². The van der Waals surface area contributed by atoms with E-state index in [4.69, 9.17) is 28.6 Å². The third-order valence-electron chi connectivity index (χ3n) is 3.40. The number of aromatic nitrogens is 4. The zero-order valence-corrected chi connectivity index (χ0v) is 18.5. The Balaban J connectivity index is 0.000000924. The number of ether oxygens (including phenoxy) is 2. The predicted octanol–water partition coefficient (Wildman–Crippen LogP) is -1.28. The molecule has 0 spiro atoms. The van der Waals surface area contributed by atoms with Gasteiger partial charge in [-0.1, -0.05) is 0 Å². The van der Waals surface area contributed by atoms with Crippen molar-refractivity contribution >= 4 is 25.2 Å². The molecular formula is C11H15ClHgN5O5. The Morgan fingerprint density at radius 2 is 2.09 bits per heavy atom. The van der Waals surface area contributed by atoms with E-state index in [9.17, 15) is 10.2 Å². The van der Waals surface area contributed by atoms with Crippen LogP contribution in [0.2, 0.25) is 0 Å². The minimum atomic E-state index is -1.23. The van der Waals surface area contributed by atoms with E-state index in [0.717, 1.165) is 0 Å². The summed E-state index contributed by atoms with van der Waals surface area (Å²) in [4.78, 5) is 12.1. The van der Waals surface area contributed by atoms with Gasteiger partial charge in [0.2, 0.25) is 0 Å². The first-order chi connectivity index (χ1) is 11.1. The molecule has 0 bridgehead atoms. The third-order valence-corrected chi connectivity index (χ3v) is 3.40. The zero-order valence-electron chi connectivity index (χ0n) is 12.2. The number of methoxy groups -OCH3 is 1. The molecule has 0 unspecified atom stereocenters. The number of imidazole rings is 1. The zero-order chi connectivity index (χ0) is 17.1. The maximum absolute atomic E-state index is 10.0. The molecule has 0 amide bonds. The van der Waals surface area contributed by atoms with Gasteiger partial charge in [0.05, 0.1) is 20.0 Å². The SMILES string of the molecule is COc1nc(N)c2ncn([C@@H]3O[C@H](CO)[C@@H](O)[C@H]3O)c2n1.[Cl][Hg]. The molecule has 3 heterocycles. The summed E-state index contributed by atoms with van der Waals surface area (Å²) in [5.41, 5.74) is 6.39. The van der Waals surface area contributed by atoms with E-state index in [1.54, 1.807) is 0 Å². The van der Waals surface area contributed by atoms with Gasteiger partial charge in [-0.05, 0) is 0 Å². The molecule has 0 saturated carbocycles. The van der Waals surface area contributed by atoms with Crippen molar-refractivity contribution in [1.82, 2.24) is 19.5 Å². The van der Waals surface area contributed by atoms with Crippen molar-refractivity contribution in [2.24, 2.45) is 0 Å². The van der Waals surface area contributed by atoms with Crippen LogP contribution in [-0.4, -0.2) is 66.9 Å². The van der Waals surface area contributed by atoms with Crippen molar-refractivity contribution in [2.75, 3.05) is 19.5 Å². The third kappa shape index (κ3) is 3.37. The molecule has 4 atom stereocenters. The summed E-state index contributed by atoms with van der Waals surface area (Å²) in [7, 11) is 6.23. The number of hydrogen-bond donors (Lipinski definition) is 4. The molecule has 1 saturated heterocycles. The van der Waals surface area contributed by atoms with Crippen molar-refractivity contribution in [1.29, 1.82) is 0 Å². The molecular weight excluding hydrogens is 518 g/mol. The van der Waals surface area contributed by atoms with Crippen LogP contribution in [0.15, 0.2) is 6.33 Å². The molecule has 1 aliphatic rings. The van der Waals surface area contributed by atoms with Gasteiger partial charge in [-0.15, -0.1) is 0 Å². The molecule has 0 aromatic carbocycles. The summed E-state index contributed by atoms with van der Waals surface area (Å²) >= 11 is 0.500. The van der Waals surface area contributed by atoms with Crippen molar-refractivity contribution in [3.8, 4) is 6.01 Å². The monoisotopic (exact) mass is 534 g/mol. The van der Waals surface area contributed by atoms with Gasteiger partial charge in [0.1, 0.15) is 18.3 Å². The van der Waals surface area contributed by atoms with E-state index in [1.165, 1.54) is 18.0 Å².